The van der Waals surface area contributed by atoms with Gasteiger partial charge in [0.05, 0.1) is 12.3 Å². The summed E-state index contributed by atoms with van der Waals surface area (Å²) >= 11 is 0. The highest BCUT2D eigenvalue weighted by Crippen LogP contribution is 2.07. The van der Waals surface area contributed by atoms with Crippen molar-refractivity contribution < 1.29 is 4.74 Å². The van der Waals surface area contributed by atoms with Crippen LogP contribution in [0.2, 0.25) is 0 Å². The van der Waals surface area contributed by atoms with Crippen LogP contribution in [0, 0.1) is 0 Å². The molecule has 2 rings (SSSR count). The van der Waals surface area contributed by atoms with E-state index >= 15 is 0 Å². The zero-order chi connectivity index (χ0) is 11.2. The molecule has 90 valence electrons. The molecule has 1 aromatic heterocycles. The molecule has 1 aromatic rings. The minimum atomic E-state index is 0.513. The molecular formula is C12H21N3O. The molecule has 0 radical (unpaired) electrons. The Hall–Kier alpha value is -0.870. The summed E-state index contributed by atoms with van der Waals surface area (Å²) in [4.78, 5) is 0. The van der Waals surface area contributed by atoms with Crippen LogP contribution in [-0.2, 0) is 17.8 Å². The highest BCUT2D eigenvalue weighted by Gasteiger charge is 2.13. The van der Waals surface area contributed by atoms with Crippen LogP contribution in [0.1, 0.15) is 31.9 Å². The Kier molecular flexibility index (Phi) is 4.36. The molecule has 1 N–H and O–H groups in total. The van der Waals surface area contributed by atoms with Crippen molar-refractivity contribution in [2.24, 2.45) is 0 Å². The lowest BCUT2D eigenvalue weighted by molar-refractivity contribution is 0.0697. The molecule has 16 heavy (non-hydrogen) atoms. The first kappa shape index (κ1) is 11.6. The van der Waals surface area contributed by atoms with Crippen molar-refractivity contribution in [2.45, 2.75) is 45.3 Å². The molecule has 0 saturated carbocycles. The predicted octanol–water partition coefficient (Wildman–Crippen LogP) is 1.56. The van der Waals surface area contributed by atoms with E-state index in [4.69, 9.17) is 4.74 Å². The fourth-order valence-electron chi connectivity index (χ4n) is 2.07. The third kappa shape index (κ3) is 3.06. The first-order valence-electron chi connectivity index (χ1n) is 6.22. The maximum Gasteiger partial charge on any atom is 0.0619 e. The summed E-state index contributed by atoms with van der Waals surface area (Å²) in [7, 11) is 0. The number of rotatable bonds is 5. The van der Waals surface area contributed by atoms with Gasteiger partial charge in [-0.15, -0.1) is 0 Å². The van der Waals surface area contributed by atoms with Gasteiger partial charge in [-0.25, -0.2) is 0 Å². The van der Waals surface area contributed by atoms with Gasteiger partial charge < -0.3 is 10.1 Å². The Morgan fingerprint density at radius 1 is 1.62 bits per heavy atom. The van der Waals surface area contributed by atoms with Gasteiger partial charge in [-0.3, -0.25) is 4.68 Å². The lowest BCUT2D eigenvalue weighted by Gasteiger charge is -2.23. The van der Waals surface area contributed by atoms with Gasteiger partial charge in [-0.1, -0.05) is 6.92 Å². The molecular weight excluding hydrogens is 202 g/mol. The van der Waals surface area contributed by atoms with Crippen LogP contribution < -0.4 is 5.32 Å². The Morgan fingerprint density at radius 2 is 2.56 bits per heavy atom. The second-order valence-electron chi connectivity index (χ2n) is 4.34. The molecule has 0 aromatic carbocycles. The summed E-state index contributed by atoms with van der Waals surface area (Å²) in [6, 6.07) is 2.60. The third-order valence-corrected chi connectivity index (χ3v) is 2.97. The lowest BCUT2D eigenvalue weighted by Crippen LogP contribution is -2.36. The molecule has 1 unspecified atom stereocenters. The van der Waals surface area contributed by atoms with Gasteiger partial charge in [0.1, 0.15) is 0 Å². The summed E-state index contributed by atoms with van der Waals surface area (Å²) in [6.45, 7) is 5.85. The molecule has 0 bridgehead atoms. The van der Waals surface area contributed by atoms with Gasteiger partial charge in [0.15, 0.2) is 0 Å². The van der Waals surface area contributed by atoms with Gasteiger partial charge in [0, 0.05) is 31.9 Å². The minimum Gasteiger partial charge on any atom is -0.380 e. The van der Waals surface area contributed by atoms with Crippen molar-refractivity contribution in [2.75, 3.05) is 13.2 Å². The molecule has 2 heterocycles. The number of hydrogen-bond donors (Lipinski definition) is 1. The second kappa shape index (κ2) is 6.01. The van der Waals surface area contributed by atoms with Gasteiger partial charge in [0.2, 0.25) is 0 Å². The van der Waals surface area contributed by atoms with Crippen molar-refractivity contribution in [1.29, 1.82) is 0 Å². The summed E-state index contributed by atoms with van der Waals surface area (Å²) in [5, 5.41) is 7.85. The molecule has 1 saturated heterocycles. The molecule has 4 heteroatoms. The van der Waals surface area contributed by atoms with Crippen LogP contribution in [0.3, 0.4) is 0 Å². The van der Waals surface area contributed by atoms with Gasteiger partial charge >= 0.3 is 0 Å². The van der Waals surface area contributed by atoms with Crippen LogP contribution in [0.5, 0.6) is 0 Å². The van der Waals surface area contributed by atoms with E-state index in [2.05, 4.69) is 28.1 Å². The first-order valence-corrected chi connectivity index (χ1v) is 6.22. The normalized spacial score (nSPS) is 21.2. The Morgan fingerprint density at radius 3 is 3.31 bits per heavy atom. The molecule has 1 aliphatic rings. The van der Waals surface area contributed by atoms with E-state index in [9.17, 15) is 0 Å². The Balaban J connectivity index is 1.81. The number of aromatic nitrogens is 2. The molecule has 1 fully saturated rings. The number of ether oxygens (including phenoxy) is 1. The van der Waals surface area contributed by atoms with Crippen LogP contribution in [-0.4, -0.2) is 29.0 Å². The standard InChI is InChI=1S/C12H21N3O/c1-2-7-15-12(5-6-14-15)9-13-11-4-3-8-16-10-11/h5-6,11,13H,2-4,7-10H2,1H3. The van der Waals surface area contributed by atoms with Crippen LogP contribution in [0.15, 0.2) is 12.3 Å². The first-order chi connectivity index (χ1) is 7.90. The summed E-state index contributed by atoms with van der Waals surface area (Å²) in [5.41, 5.74) is 1.27. The van der Waals surface area contributed by atoms with E-state index in [-0.39, 0.29) is 0 Å². The summed E-state index contributed by atoms with van der Waals surface area (Å²) in [6.07, 6.45) is 5.40. The van der Waals surface area contributed by atoms with E-state index in [1.807, 2.05) is 6.20 Å². The van der Waals surface area contributed by atoms with Crippen LogP contribution in [0.4, 0.5) is 0 Å². The van der Waals surface area contributed by atoms with E-state index < -0.39 is 0 Å². The second-order valence-corrected chi connectivity index (χ2v) is 4.34. The van der Waals surface area contributed by atoms with Crippen molar-refractivity contribution >= 4 is 0 Å². The molecule has 0 aliphatic carbocycles. The van der Waals surface area contributed by atoms with E-state index in [0.29, 0.717) is 6.04 Å². The largest absolute Gasteiger partial charge is 0.380 e. The molecule has 0 amide bonds. The van der Waals surface area contributed by atoms with Crippen molar-refractivity contribution in [3.05, 3.63) is 18.0 Å². The summed E-state index contributed by atoms with van der Waals surface area (Å²) in [5.74, 6) is 0. The van der Waals surface area contributed by atoms with Gasteiger partial charge in [-0.2, -0.15) is 5.10 Å². The van der Waals surface area contributed by atoms with Crippen molar-refractivity contribution in [1.82, 2.24) is 15.1 Å². The average Bonchev–Trinajstić information content (AvgIpc) is 2.76. The number of hydrogen-bond acceptors (Lipinski definition) is 3. The fourth-order valence-corrected chi connectivity index (χ4v) is 2.07. The molecule has 0 spiro atoms. The van der Waals surface area contributed by atoms with E-state index in [1.54, 1.807) is 0 Å². The SMILES string of the molecule is CCCn1nccc1CNC1CCCOC1. The lowest BCUT2D eigenvalue weighted by atomic mass is 10.1. The van der Waals surface area contributed by atoms with Crippen LogP contribution >= 0.6 is 0 Å². The average molecular weight is 223 g/mol. The number of nitrogens with zero attached hydrogens (tertiary/aromatic N) is 2. The Bertz CT molecular complexity index is 305. The smallest absolute Gasteiger partial charge is 0.0619 e. The minimum absolute atomic E-state index is 0.513. The van der Waals surface area contributed by atoms with Gasteiger partial charge in [0.25, 0.3) is 0 Å². The Labute approximate surface area is 97.0 Å². The number of nitrogens with one attached hydrogen (secondary N) is 1. The van der Waals surface area contributed by atoms with Crippen molar-refractivity contribution in [3.8, 4) is 0 Å². The van der Waals surface area contributed by atoms with E-state index in [0.717, 1.165) is 32.7 Å². The van der Waals surface area contributed by atoms with E-state index in [1.165, 1.54) is 18.5 Å². The fraction of sp³-hybridized carbons (Fsp3) is 0.750. The highest BCUT2D eigenvalue weighted by molar-refractivity contribution is 5.00. The molecule has 4 nitrogen and oxygen atoms in total. The summed E-state index contributed by atoms with van der Waals surface area (Å²) < 4.78 is 7.52. The number of aryl methyl sites for hydroxylation is 1. The maximum absolute atomic E-state index is 5.44. The van der Waals surface area contributed by atoms with Crippen LogP contribution in [0.25, 0.3) is 0 Å². The molecule has 1 atom stereocenters. The quantitative estimate of drug-likeness (QED) is 0.823. The zero-order valence-corrected chi connectivity index (χ0v) is 9.98. The highest BCUT2D eigenvalue weighted by atomic mass is 16.5. The third-order valence-electron chi connectivity index (χ3n) is 2.97. The topological polar surface area (TPSA) is 39.1 Å². The maximum atomic E-state index is 5.44. The van der Waals surface area contributed by atoms with Crippen molar-refractivity contribution in [3.63, 3.8) is 0 Å². The monoisotopic (exact) mass is 223 g/mol. The predicted molar refractivity (Wildman–Crippen MR) is 63.2 cm³/mol. The van der Waals surface area contributed by atoms with Gasteiger partial charge in [-0.05, 0) is 25.3 Å². The zero-order valence-electron chi connectivity index (χ0n) is 9.98. The molecule has 1 aliphatic heterocycles.